The summed E-state index contributed by atoms with van der Waals surface area (Å²) in [5.74, 6) is -0.871. The zero-order valence-corrected chi connectivity index (χ0v) is 9.85. The fourth-order valence-corrected chi connectivity index (χ4v) is 2.07. The molecule has 0 saturated carbocycles. The fraction of sp³-hybridized carbons (Fsp3) is 0.462. The molecule has 0 spiro atoms. The fourth-order valence-electron chi connectivity index (χ4n) is 2.07. The highest BCUT2D eigenvalue weighted by Crippen LogP contribution is 2.08. The zero-order chi connectivity index (χ0) is 12.1. The first-order valence-electron chi connectivity index (χ1n) is 6.06. The Morgan fingerprint density at radius 1 is 1.29 bits per heavy atom. The number of piperidine rings is 1. The Kier molecular flexibility index (Phi) is 4.12. The summed E-state index contributed by atoms with van der Waals surface area (Å²) in [5.41, 5.74) is 4.70. The number of nitrogens with zero attached hydrogens (tertiary/aromatic N) is 1. The van der Waals surface area contributed by atoms with E-state index in [2.05, 4.69) is 10.4 Å². The molecular formula is C13H18N2O2. The van der Waals surface area contributed by atoms with Crippen LogP contribution in [-0.4, -0.2) is 29.2 Å². The summed E-state index contributed by atoms with van der Waals surface area (Å²) in [5, 5.41) is 11.1. The molecule has 1 saturated heterocycles. The molecule has 0 amide bonds. The van der Waals surface area contributed by atoms with E-state index >= 15 is 0 Å². The van der Waals surface area contributed by atoms with Crippen molar-refractivity contribution in [3.05, 3.63) is 35.4 Å². The summed E-state index contributed by atoms with van der Waals surface area (Å²) < 4.78 is 0. The van der Waals surface area contributed by atoms with Gasteiger partial charge in [-0.2, -0.15) is 0 Å². The SMILES string of the molecule is O=C(O)c1cccc(CNN2CCCCC2)c1. The maximum absolute atomic E-state index is 10.8. The van der Waals surface area contributed by atoms with Gasteiger partial charge >= 0.3 is 5.97 Å². The first-order chi connectivity index (χ1) is 8.25. The smallest absolute Gasteiger partial charge is 0.335 e. The van der Waals surface area contributed by atoms with Crippen LogP contribution in [0.2, 0.25) is 0 Å². The number of aromatic carboxylic acids is 1. The number of benzene rings is 1. The monoisotopic (exact) mass is 234 g/mol. The second kappa shape index (κ2) is 5.80. The van der Waals surface area contributed by atoms with Crippen molar-refractivity contribution in [1.82, 2.24) is 10.4 Å². The molecule has 1 aliphatic heterocycles. The van der Waals surface area contributed by atoms with E-state index in [0.717, 1.165) is 18.7 Å². The molecule has 1 fully saturated rings. The van der Waals surface area contributed by atoms with Crippen LogP contribution in [-0.2, 0) is 6.54 Å². The van der Waals surface area contributed by atoms with Gasteiger partial charge in [0, 0.05) is 19.6 Å². The Morgan fingerprint density at radius 2 is 2.06 bits per heavy atom. The lowest BCUT2D eigenvalue weighted by Crippen LogP contribution is -2.41. The van der Waals surface area contributed by atoms with E-state index in [1.165, 1.54) is 19.3 Å². The molecule has 2 N–H and O–H groups in total. The first kappa shape index (κ1) is 12.1. The minimum atomic E-state index is -0.871. The molecule has 0 atom stereocenters. The number of hydrogen-bond acceptors (Lipinski definition) is 3. The lowest BCUT2D eigenvalue weighted by Gasteiger charge is -2.27. The molecule has 0 aliphatic carbocycles. The second-order valence-corrected chi connectivity index (χ2v) is 4.39. The Bertz CT molecular complexity index is 387. The highest BCUT2D eigenvalue weighted by atomic mass is 16.4. The molecule has 92 valence electrons. The van der Waals surface area contributed by atoms with E-state index in [-0.39, 0.29) is 0 Å². The largest absolute Gasteiger partial charge is 0.478 e. The van der Waals surface area contributed by atoms with E-state index < -0.39 is 5.97 Å². The lowest BCUT2D eigenvalue weighted by molar-refractivity contribution is 0.0696. The van der Waals surface area contributed by atoms with Gasteiger partial charge in [0.1, 0.15) is 0 Å². The van der Waals surface area contributed by atoms with Crippen LogP contribution in [0.4, 0.5) is 0 Å². The van der Waals surface area contributed by atoms with Gasteiger partial charge in [0.25, 0.3) is 0 Å². The van der Waals surface area contributed by atoms with Gasteiger partial charge in [0.05, 0.1) is 5.56 Å². The highest BCUT2D eigenvalue weighted by Gasteiger charge is 2.09. The van der Waals surface area contributed by atoms with Crippen molar-refractivity contribution in [2.75, 3.05) is 13.1 Å². The van der Waals surface area contributed by atoms with E-state index in [1.807, 2.05) is 6.07 Å². The molecule has 4 heteroatoms. The molecule has 1 aliphatic rings. The van der Waals surface area contributed by atoms with Gasteiger partial charge in [-0.1, -0.05) is 18.6 Å². The van der Waals surface area contributed by atoms with Crippen molar-refractivity contribution in [3.63, 3.8) is 0 Å². The average molecular weight is 234 g/mol. The number of carboxylic acid groups (broad SMARTS) is 1. The molecule has 2 rings (SSSR count). The molecule has 0 aromatic heterocycles. The topological polar surface area (TPSA) is 52.6 Å². The van der Waals surface area contributed by atoms with E-state index in [9.17, 15) is 4.79 Å². The van der Waals surface area contributed by atoms with Crippen molar-refractivity contribution in [1.29, 1.82) is 0 Å². The normalized spacial score (nSPS) is 16.9. The Balaban J connectivity index is 1.89. The Labute approximate surface area is 101 Å². The van der Waals surface area contributed by atoms with E-state index in [4.69, 9.17) is 5.11 Å². The molecule has 0 unspecified atom stereocenters. The van der Waals surface area contributed by atoms with Crippen LogP contribution < -0.4 is 5.43 Å². The van der Waals surface area contributed by atoms with E-state index in [1.54, 1.807) is 18.2 Å². The minimum Gasteiger partial charge on any atom is -0.478 e. The average Bonchev–Trinajstić information content (AvgIpc) is 2.38. The Hall–Kier alpha value is -1.39. The van der Waals surface area contributed by atoms with Crippen molar-refractivity contribution in [3.8, 4) is 0 Å². The third kappa shape index (κ3) is 3.54. The van der Waals surface area contributed by atoms with Crippen LogP contribution in [0.3, 0.4) is 0 Å². The minimum absolute atomic E-state index is 0.350. The van der Waals surface area contributed by atoms with Gasteiger partial charge in [0.15, 0.2) is 0 Å². The number of hydrogen-bond donors (Lipinski definition) is 2. The van der Waals surface area contributed by atoms with Gasteiger partial charge < -0.3 is 5.11 Å². The molecule has 0 radical (unpaired) electrons. The van der Waals surface area contributed by atoms with Gasteiger partial charge in [0.2, 0.25) is 0 Å². The summed E-state index contributed by atoms with van der Waals surface area (Å²) >= 11 is 0. The quantitative estimate of drug-likeness (QED) is 0.835. The molecule has 17 heavy (non-hydrogen) atoms. The lowest BCUT2D eigenvalue weighted by atomic mass is 10.1. The molecule has 1 heterocycles. The Morgan fingerprint density at radius 3 is 2.76 bits per heavy atom. The number of nitrogens with one attached hydrogen (secondary N) is 1. The van der Waals surface area contributed by atoms with Crippen LogP contribution in [0.5, 0.6) is 0 Å². The molecule has 1 aromatic carbocycles. The number of hydrazine groups is 1. The van der Waals surface area contributed by atoms with Crippen LogP contribution in [0.15, 0.2) is 24.3 Å². The van der Waals surface area contributed by atoms with Crippen LogP contribution >= 0.6 is 0 Å². The summed E-state index contributed by atoms with van der Waals surface area (Å²) in [7, 11) is 0. The summed E-state index contributed by atoms with van der Waals surface area (Å²) in [6.45, 7) is 2.86. The van der Waals surface area contributed by atoms with Gasteiger partial charge in [-0.05, 0) is 30.5 Å². The maximum Gasteiger partial charge on any atom is 0.335 e. The number of carboxylic acids is 1. The summed E-state index contributed by atoms with van der Waals surface area (Å²) in [6, 6.07) is 7.08. The predicted molar refractivity (Wildman–Crippen MR) is 65.7 cm³/mol. The zero-order valence-electron chi connectivity index (χ0n) is 9.85. The molecule has 0 bridgehead atoms. The molecule has 1 aromatic rings. The standard InChI is InChI=1S/C13H18N2O2/c16-13(17)12-6-4-5-11(9-12)10-14-15-7-2-1-3-8-15/h4-6,9,14H,1-3,7-8,10H2,(H,16,17). The maximum atomic E-state index is 10.8. The van der Waals surface area contributed by atoms with Crippen molar-refractivity contribution in [2.45, 2.75) is 25.8 Å². The van der Waals surface area contributed by atoms with E-state index in [0.29, 0.717) is 12.1 Å². The second-order valence-electron chi connectivity index (χ2n) is 4.39. The first-order valence-corrected chi connectivity index (χ1v) is 6.06. The summed E-state index contributed by atoms with van der Waals surface area (Å²) in [6.07, 6.45) is 3.79. The highest BCUT2D eigenvalue weighted by molar-refractivity contribution is 5.87. The number of carbonyl (C=O) groups is 1. The van der Waals surface area contributed by atoms with Gasteiger partial charge in [-0.15, -0.1) is 0 Å². The van der Waals surface area contributed by atoms with Crippen molar-refractivity contribution < 1.29 is 9.90 Å². The van der Waals surface area contributed by atoms with Crippen molar-refractivity contribution in [2.24, 2.45) is 0 Å². The molecule has 4 nitrogen and oxygen atoms in total. The third-order valence-corrected chi connectivity index (χ3v) is 3.04. The predicted octanol–water partition coefficient (Wildman–Crippen LogP) is 1.88. The van der Waals surface area contributed by atoms with Crippen LogP contribution in [0.25, 0.3) is 0 Å². The van der Waals surface area contributed by atoms with Gasteiger partial charge in [-0.25, -0.2) is 9.80 Å². The molecular weight excluding hydrogens is 216 g/mol. The van der Waals surface area contributed by atoms with Crippen LogP contribution in [0.1, 0.15) is 35.2 Å². The van der Waals surface area contributed by atoms with Crippen molar-refractivity contribution >= 4 is 5.97 Å². The number of rotatable bonds is 4. The third-order valence-electron chi connectivity index (χ3n) is 3.04. The summed E-state index contributed by atoms with van der Waals surface area (Å²) in [4.78, 5) is 10.8. The van der Waals surface area contributed by atoms with Crippen LogP contribution in [0, 0.1) is 0 Å². The van der Waals surface area contributed by atoms with Gasteiger partial charge in [-0.3, -0.25) is 5.43 Å².